The van der Waals surface area contributed by atoms with Crippen LogP contribution in [0.2, 0.25) is 0 Å². The fraction of sp³-hybridized carbons (Fsp3) is 0.600. The topological polar surface area (TPSA) is 37.4 Å². The van der Waals surface area contributed by atoms with Crippen LogP contribution in [-0.4, -0.2) is 23.3 Å². The van der Waals surface area contributed by atoms with Crippen LogP contribution >= 0.6 is 0 Å². The summed E-state index contributed by atoms with van der Waals surface area (Å²) in [5.41, 5.74) is 2.18. The Balaban J connectivity index is 2.02. The Bertz CT molecular complexity index is 477. The van der Waals surface area contributed by atoms with E-state index < -0.39 is 0 Å². The molecule has 2 fully saturated rings. The normalized spacial score (nSPS) is 33.6. The highest BCUT2D eigenvalue weighted by Crippen LogP contribution is 2.62. The SMILES string of the molecule is C=CCN1C(=O)C2=C3CCC(CCC)(C3)C2C1=O. The molecular weight excluding hydrogens is 226 g/mol. The van der Waals surface area contributed by atoms with Gasteiger partial charge in [0.2, 0.25) is 5.91 Å². The zero-order chi connectivity index (χ0) is 12.9. The van der Waals surface area contributed by atoms with Gasteiger partial charge in [0, 0.05) is 12.1 Å². The van der Waals surface area contributed by atoms with E-state index in [1.165, 1.54) is 10.5 Å². The van der Waals surface area contributed by atoms with Gasteiger partial charge in [-0.2, -0.15) is 0 Å². The van der Waals surface area contributed by atoms with Crippen LogP contribution in [0.5, 0.6) is 0 Å². The van der Waals surface area contributed by atoms with E-state index in [-0.39, 0.29) is 23.1 Å². The van der Waals surface area contributed by atoms with Crippen LogP contribution in [-0.2, 0) is 9.59 Å². The van der Waals surface area contributed by atoms with Crippen molar-refractivity contribution < 1.29 is 9.59 Å². The van der Waals surface area contributed by atoms with Crippen LogP contribution in [0.25, 0.3) is 0 Å². The molecule has 0 aromatic carbocycles. The summed E-state index contributed by atoms with van der Waals surface area (Å²) in [7, 11) is 0. The number of hydrogen-bond donors (Lipinski definition) is 0. The van der Waals surface area contributed by atoms with Crippen molar-refractivity contribution in [2.75, 3.05) is 6.54 Å². The van der Waals surface area contributed by atoms with E-state index in [4.69, 9.17) is 0 Å². The van der Waals surface area contributed by atoms with Gasteiger partial charge in [0.15, 0.2) is 0 Å². The third-order valence-corrected chi connectivity index (χ3v) is 4.82. The van der Waals surface area contributed by atoms with Gasteiger partial charge in [-0.1, -0.05) is 25.0 Å². The van der Waals surface area contributed by atoms with Gasteiger partial charge in [0.05, 0.1) is 5.92 Å². The molecule has 1 saturated heterocycles. The Hall–Kier alpha value is -1.38. The van der Waals surface area contributed by atoms with Gasteiger partial charge in [0.25, 0.3) is 5.91 Å². The van der Waals surface area contributed by atoms with Crippen LogP contribution in [0.1, 0.15) is 39.0 Å². The number of carbonyl (C=O) groups is 2. The molecule has 3 aliphatic rings. The molecule has 0 aromatic heterocycles. The number of nitrogens with zero attached hydrogens (tertiary/aromatic N) is 1. The molecule has 2 bridgehead atoms. The number of carbonyl (C=O) groups excluding carboxylic acids is 2. The summed E-state index contributed by atoms with van der Waals surface area (Å²) in [6.45, 7) is 6.15. The molecule has 3 rings (SSSR count). The maximum Gasteiger partial charge on any atom is 0.257 e. The molecule has 3 heteroatoms. The summed E-state index contributed by atoms with van der Waals surface area (Å²) in [6, 6.07) is 0. The van der Waals surface area contributed by atoms with Gasteiger partial charge >= 0.3 is 0 Å². The second-order valence-electron chi connectivity index (χ2n) is 5.78. The number of imide groups is 1. The molecule has 0 spiro atoms. The van der Waals surface area contributed by atoms with E-state index >= 15 is 0 Å². The number of likely N-dealkylation sites (tertiary alicyclic amines) is 1. The van der Waals surface area contributed by atoms with Crippen LogP contribution in [0, 0.1) is 11.3 Å². The maximum atomic E-state index is 12.5. The Labute approximate surface area is 108 Å². The zero-order valence-electron chi connectivity index (χ0n) is 10.9. The first-order valence-corrected chi connectivity index (χ1v) is 6.83. The van der Waals surface area contributed by atoms with E-state index in [2.05, 4.69) is 13.5 Å². The summed E-state index contributed by atoms with van der Waals surface area (Å²) < 4.78 is 0. The van der Waals surface area contributed by atoms with Crippen LogP contribution in [0.3, 0.4) is 0 Å². The van der Waals surface area contributed by atoms with E-state index in [0.717, 1.165) is 37.7 Å². The molecule has 1 heterocycles. The summed E-state index contributed by atoms with van der Waals surface area (Å²) in [5, 5.41) is 0. The number of rotatable bonds is 4. The fourth-order valence-electron chi connectivity index (χ4n) is 4.21. The predicted octanol–water partition coefficient (Wildman–Crippen LogP) is 2.44. The molecule has 2 aliphatic carbocycles. The number of amides is 2. The van der Waals surface area contributed by atoms with Crippen molar-refractivity contribution in [1.29, 1.82) is 0 Å². The minimum Gasteiger partial charge on any atom is -0.274 e. The Morgan fingerprint density at radius 1 is 1.50 bits per heavy atom. The van der Waals surface area contributed by atoms with Crippen LogP contribution < -0.4 is 0 Å². The first-order valence-electron chi connectivity index (χ1n) is 6.83. The monoisotopic (exact) mass is 245 g/mol. The average Bonchev–Trinajstić information content (AvgIpc) is 2.96. The average molecular weight is 245 g/mol. The highest BCUT2D eigenvalue weighted by molar-refractivity contribution is 6.16. The molecule has 2 amide bonds. The first-order chi connectivity index (χ1) is 8.64. The minimum atomic E-state index is -0.131. The van der Waals surface area contributed by atoms with Crippen molar-refractivity contribution >= 4 is 11.8 Å². The van der Waals surface area contributed by atoms with Gasteiger partial charge < -0.3 is 0 Å². The lowest BCUT2D eigenvalue weighted by atomic mass is 9.71. The molecule has 18 heavy (non-hydrogen) atoms. The molecule has 1 aliphatic heterocycles. The second-order valence-corrected chi connectivity index (χ2v) is 5.78. The Kier molecular flexibility index (Phi) is 2.47. The van der Waals surface area contributed by atoms with Crippen molar-refractivity contribution in [2.45, 2.75) is 39.0 Å². The molecule has 0 aromatic rings. The van der Waals surface area contributed by atoms with E-state index in [1.54, 1.807) is 6.08 Å². The first kappa shape index (κ1) is 11.7. The third-order valence-electron chi connectivity index (χ3n) is 4.82. The zero-order valence-corrected chi connectivity index (χ0v) is 10.9. The Morgan fingerprint density at radius 2 is 2.28 bits per heavy atom. The summed E-state index contributed by atoms with van der Waals surface area (Å²) in [4.78, 5) is 26.2. The number of fused-ring (bicyclic) bond motifs is 4. The standard InChI is InChI=1S/C15H19NO2/c1-3-6-15-7-5-10(9-15)11-12(15)14(18)16(8-4-2)13(11)17/h4,12H,2-3,5-9H2,1H3. The van der Waals surface area contributed by atoms with Crippen molar-refractivity contribution in [3.05, 3.63) is 23.8 Å². The van der Waals surface area contributed by atoms with E-state index in [1.807, 2.05) is 0 Å². The minimum absolute atomic E-state index is 0.0260. The van der Waals surface area contributed by atoms with Gasteiger partial charge in [-0.3, -0.25) is 14.5 Å². The van der Waals surface area contributed by atoms with Gasteiger partial charge in [-0.25, -0.2) is 0 Å². The summed E-state index contributed by atoms with van der Waals surface area (Å²) in [5.74, 6) is -0.149. The largest absolute Gasteiger partial charge is 0.274 e. The van der Waals surface area contributed by atoms with Crippen LogP contribution in [0.4, 0.5) is 0 Å². The number of allylic oxidation sites excluding steroid dienone is 1. The molecule has 96 valence electrons. The van der Waals surface area contributed by atoms with E-state index in [0.29, 0.717) is 6.54 Å². The van der Waals surface area contributed by atoms with Crippen molar-refractivity contribution in [2.24, 2.45) is 11.3 Å². The molecule has 0 radical (unpaired) electrons. The highest BCUT2D eigenvalue weighted by Gasteiger charge is 2.61. The van der Waals surface area contributed by atoms with Crippen molar-refractivity contribution in [3.63, 3.8) is 0 Å². The molecule has 2 unspecified atom stereocenters. The van der Waals surface area contributed by atoms with Gasteiger partial charge in [-0.05, 0) is 31.1 Å². The highest BCUT2D eigenvalue weighted by atomic mass is 16.2. The molecule has 0 N–H and O–H groups in total. The molecule has 3 nitrogen and oxygen atoms in total. The summed E-state index contributed by atoms with van der Waals surface area (Å²) in [6.07, 6.45) is 6.88. The smallest absolute Gasteiger partial charge is 0.257 e. The molecule has 2 atom stereocenters. The lowest BCUT2D eigenvalue weighted by molar-refractivity contribution is -0.140. The lowest BCUT2D eigenvalue weighted by Gasteiger charge is -2.31. The van der Waals surface area contributed by atoms with Crippen LogP contribution in [0.15, 0.2) is 23.8 Å². The van der Waals surface area contributed by atoms with Crippen molar-refractivity contribution in [3.8, 4) is 0 Å². The van der Waals surface area contributed by atoms with Gasteiger partial charge in [0.1, 0.15) is 0 Å². The quantitative estimate of drug-likeness (QED) is 0.563. The number of hydrogen-bond acceptors (Lipinski definition) is 2. The molecule has 1 saturated carbocycles. The Morgan fingerprint density at radius 3 is 2.94 bits per heavy atom. The third kappa shape index (κ3) is 1.25. The second kappa shape index (κ2) is 3.81. The fourth-order valence-corrected chi connectivity index (χ4v) is 4.21. The van der Waals surface area contributed by atoms with Gasteiger partial charge in [-0.15, -0.1) is 6.58 Å². The van der Waals surface area contributed by atoms with E-state index in [9.17, 15) is 9.59 Å². The predicted molar refractivity (Wildman–Crippen MR) is 68.6 cm³/mol. The summed E-state index contributed by atoms with van der Waals surface area (Å²) >= 11 is 0. The molecular formula is C15H19NO2. The lowest BCUT2D eigenvalue weighted by Crippen LogP contribution is -2.36. The maximum absolute atomic E-state index is 12.5. The van der Waals surface area contributed by atoms with Crippen molar-refractivity contribution in [1.82, 2.24) is 4.90 Å².